The summed E-state index contributed by atoms with van der Waals surface area (Å²) in [7, 11) is 0. The third-order valence-corrected chi connectivity index (χ3v) is 10.5. The molecule has 3 fully saturated rings. The number of ether oxygens (including phenoxy) is 1. The van der Waals surface area contributed by atoms with Gasteiger partial charge in [0.1, 0.15) is 11.0 Å². The predicted octanol–water partition coefficient (Wildman–Crippen LogP) is 5.38. The Kier molecular flexibility index (Phi) is 6.09. The number of nitrogens with zero attached hydrogens (tertiary/aromatic N) is 5. The number of hydrogen-bond donors (Lipinski definition) is 1. The van der Waals surface area contributed by atoms with Gasteiger partial charge < -0.3 is 15.4 Å². The number of carbonyl (C=O) groups is 1. The van der Waals surface area contributed by atoms with Crippen molar-refractivity contribution >= 4 is 22.8 Å². The highest BCUT2D eigenvalue weighted by Gasteiger charge is 2.59. The van der Waals surface area contributed by atoms with Crippen LogP contribution < -0.4 is 10.5 Å². The molecular weight excluding hydrogens is 520 g/mol. The Morgan fingerprint density at radius 1 is 1.12 bits per heavy atom. The highest BCUT2D eigenvalue weighted by atomic mass is 32.1. The normalized spacial score (nSPS) is 24.9. The molecule has 4 heterocycles. The largest absolute Gasteiger partial charge is 0.474 e. The van der Waals surface area contributed by atoms with Gasteiger partial charge in [-0.15, -0.1) is 11.3 Å². The van der Waals surface area contributed by atoms with Gasteiger partial charge in [-0.1, -0.05) is 12.5 Å². The van der Waals surface area contributed by atoms with E-state index in [9.17, 15) is 4.79 Å². The molecule has 40 heavy (non-hydrogen) atoms. The third-order valence-electron chi connectivity index (χ3n) is 9.40. The van der Waals surface area contributed by atoms with Gasteiger partial charge in [0.2, 0.25) is 5.88 Å². The highest BCUT2D eigenvalue weighted by molar-refractivity contribution is 7.17. The fraction of sp³-hybridized carbons (Fsp3) is 0.516. The van der Waals surface area contributed by atoms with Gasteiger partial charge in [0.15, 0.2) is 10.8 Å². The molecule has 3 aromatic heterocycles. The maximum absolute atomic E-state index is 13.4. The molecule has 9 heteroatoms. The Hall–Kier alpha value is -3.17. The number of nitrogens with two attached hydrogens (primary N) is 1. The Morgan fingerprint density at radius 3 is 2.50 bits per heavy atom. The van der Waals surface area contributed by atoms with Crippen LogP contribution in [0.5, 0.6) is 5.88 Å². The maximum atomic E-state index is 13.4. The van der Waals surface area contributed by atoms with Crippen molar-refractivity contribution in [3.63, 3.8) is 0 Å². The molecule has 1 spiro atoms. The summed E-state index contributed by atoms with van der Waals surface area (Å²) in [6, 6.07) is 5.93. The summed E-state index contributed by atoms with van der Waals surface area (Å²) in [6.07, 6.45) is 13.4. The number of piperidine rings is 1. The Morgan fingerprint density at radius 2 is 1.88 bits per heavy atom. The molecule has 0 aromatic carbocycles. The van der Waals surface area contributed by atoms with Gasteiger partial charge >= 0.3 is 0 Å². The summed E-state index contributed by atoms with van der Waals surface area (Å²) in [5, 5.41) is 0.674. The van der Waals surface area contributed by atoms with E-state index in [1.54, 1.807) is 18.5 Å². The minimum absolute atomic E-state index is 0.0314. The van der Waals surface area contributed by atoms with Crippen molar-refractivity contribution in [3.05, 3.63) is 58.5 Å². The van der Waals surface area contributed by atoms with Gasteiger partial charge in [-0.05, 0) is 81.6 Å². The summed E-state index contributed by atoms with van der Waals surface area (Å²) >= 11 is 1.37. The number of thiazole rings is 1. The molecule has 1 amide bonds. The Labute approximate surface area is 239 Å². The molecule has 4 aliphatic rings. The highest BCUT2D eigenvalue weighted by Crippen LogP contribution is 2.52. The quantitative estimate of drug-likeness (QED) is 0.434. The summed E-state index contributed by atoms with van der Waals surface area (Å²) in [6.45, 7) is 7.30. The molecule has 2 saturated carbocycles. The smallest absolute Gasteiger partial charge is 0.265 e. The number of likely N-dealkylation sites (tertiary alicyclic amines) is 1. The molecule has 3 aromatic rings. The second kappa shape index (κ2) is 9.45. The first kappa shape index (κ1) is 25.8. The van der Waals surface area contributed by atoms with E-state index in [1.165, 1.54) is 42.6 Å². The van der Waals surface area contributed by atoms with Crippen LogP contribution in [0.15, 0.2) is 36.7 Å². The SMILES string of the molecule is Cc1nc(-c2ncccn2)sc1C(=O)N1CC2C(C1)C2Oc1cc(C(C)(C)N)cc(C2=CCC3(CCC3)CC2)n1. The van der Waals surface area contributed by atoms with Crippen molar-refractivity contribution in [1.82, 2.24) is 24.8 Å². The number of aromatic nitrogens is 4. The number of aryl methyl sites for hydroxylation is 1. The number of rotatable bonds is 6. The molecule has 2 N–H and O–H groups in total. The van der Waals surface area contributed by atoms with Crippen molar-refractivity contribution in [3.8, 4) is 16.7 Å². The topological polar surface area (TPSA) is 107 Å². The van der Waals surface area contributed by atoms with Crippen molar-refractivity contribution in [1.29, 1.82) is 0 Å². The van der Waals surface area contributed by atoms with E-state index in [0.717, 1.165) is 29.8 Å². The van der Waals surface area contributed by atoms with Gasteiger partial charge in [0.05, 0.1) is 11.4 Å². The number of carbonyl (C=O) groups excluding carboxylic acids is 1. The van der Waals surface area contributed by atoms with Crippen LogP contribution in [-0.4, -0.2) is 49.9 Å². The molecule has 1 saturated heterocycles. The third kappa shape index (κ3) is 4.63. The van der Waals surface area contributed by atoms with Crippen molar-refractivity contribution in [2.45, 2.75) is 70.9 Å². The summed E-state index contributed by atoms with van der Waals surface area (Å²) < 4.78 is 6.49. The van der Waals surface area contributed by atoms with Crippen LogP contribution in [0.25, 0.3) is 16.4 Å². The monoisotopic (exact) mass is 556 g/mol. The molecule has 7 rings (SSSR count). The second-order valence-electron chi connectivity index (χ2n) is 12.7. The summed E-state index contributed by atoms with van der Waals surface area (Å²) in [5.41, 5.74) is 10.7. The standard InChI is InChI=1S/C31H36N6O2S/c1-18-26(40-28(35-18)27-33-12-5-13-34-27)29(38)37-16-21-22(17-37)25(21)39-24-15-20(30(2,3)32)14-23(36-24)19-6-10-31(11-7-19)8-4-9-31/h5-6,12-15,21-22,25H,4,7-11,16-17,32H2,1-3H3. The molecule has 0 radical (unpaired) electrons. The van der Waals surface area contributed by atoms with Gasteiger partial charge in [-0.3, -0.25) is 4.79 Å². The van der Waals surface area contributed by atoms with Gasteiger partial charge in [0.25, 0.3) is 5.91 Å². The van der Waals surface area contributed by atoms with Crippen molar-refractivity contribution in [2.75, 3.05) is 13.1 Å². The van der Waals surface area contributed by atoms with Gasteiger partial charge in [-0.2, -0.15) is 0 Å². The van der Waals surface area contributed by atoms with Crippen LogP contribution in [0.2, 0.25) is 0 Å². The lowest BCUT2D eigenvalue weighted by molar-refractivity contribution is 0.0755. The lowest BCUT2D eigenvalue weighted by Crippen LogP contribution is -2.33. The van der Waals surface area contributed by atoms with E-state index in [0.29, 0.717) is 51.9 Å². The molecule has 2 unspecified atom stereocenters. The summed E-state index contributed by atoms with van der Waals surface area (Å²) in [4.78, 5) is 34.1. The first-order valence-electron chi connectivity index (χ1n) is 14.4. The number of hydrogen-bond acceptors (Lipinski definition) is 8. The van der Waals surface area contributed by atoms with Crippen LogP contribution >= 0.6 is 11.3 Å². The summed E-state index contributed by atoms with van der Waals surface area (Å²) in [5.74, 6) is 1.87. The molecule has 8 nitrogen and oxygen atoms in total. The maximum Gasteiger partial charge on any atom is 0.265 e. The molecular formula is C31H36N6O2S. The molecule has 3 aliphatic carbocycles. The van der Waals surface area contributed by atoms with E-state index in [-0.39, 0.29) is 12.0 Å². The predicted molar refractivity (Wildman–Crippen MR) is 155 cm³/mol. The van der Waals surface area contributed by atoms with Crippen molar-refractivity contribution < 1.29 is 9.53 Å². The van der Waals surface area contributed by atoms with Crippen molar-refractivity contribution in [2.24, 2.45) is 23.0 Å². The van der Waals surface area contributed by atoms with Crippen LogP contribution in [0.3, 0.4) is 0 Å². The molecule has 208 valence electrons. The van der Waals surface area contributed by atoms with E-state index in [4.69, 9.17) is 15.5 Å². The number of amides is 1. The lowest BCUT2D eigenvalue weighted by atomic mass is 9.61. The number of allylic oxidation sites excluding steroid dienone is 2. The van der Waals surface area contributed by atoms with Gasteiger partial charge in [0, 0.05) is 48.9 Å². The first-order chi connectivity index (χ1) is 19.2. The number of pyridine rings is 1. The van der Waals surface area contributed by atoms with E-state index in [1.807, 2.05) is 31.7 Å². The molecule has 2 atom stereocenters. The van der Waals surface area contributed by atoms with Crippen LogP contribution in [0.1, 0.15) is 79.0 Å². The Balaban J connectivity index is 1.04. The van der Waals surface area contributed by atoms with E-state index >= 15 is 0 Å². The minimum Gasteiger partial charge on any atom is -0.474 e. The fourth-order valence-electron chi connectivity index (χ4n) is 6.60. The van der Waals surface area contributed by atoms with E-state index < -0.39 is 5.54 Å². The van der Waals surface area contributed by atoms with E-state index in [2.05, 4.69) is 27.1 Å². The van der Waals surface area contributed by atoms with Crippen LogP contribution in [0.4, 0.5) is 0 Å². The average molecular weight is 557 g/mol. The first-order valence-corrected chi connectivity index (χ1v) is 15.2. The average Bonchev–Trinajstić information content (AvgIpc) is 3.24. The second-order valence-corrected chi connectivity index (χ2v) is 13.7. The molecule has 0 bridgehead atoms. The van der Waals surface area contributed by atoms with Crippen LogP contribution in [0, 0.1) is 24.2 Å². The Bertz CT molecular complexity index is 1480. The lowest BCUT2D eigenvalue weighted by Gasteiger charge is -2.44. The zero-order chi connectivity index (χ0) is 27.6. The van der Waals surface area contributed by atoms with Crippen LogP contribution in [-0.2, 0) is 5.54 Å². The fourth-order valence-corrected chi connectivity index (χ4v) is 7.59. The minimum atomic E-state index is -0.487. The zero-order valence-corrected chi connectivity index (χ0v) is 24.2. The van der Waals surface area contributed by atoms with Gasteiger partial charge in [-0.25, -0.2) is 19.9 Å². The zero-order valence-electron chi connectivity index (χ0n) is 23.4. The molecule has 1 aliphatic heterocycles. The number of fused-ring (bicyclic) bond motifs is 1.